The van der Waals surface area contributed by atoms with Gasteiger partial charge in [0.05, 0.1) is 17.6 Å². The first kappa shape index (κ1) is 23.2. The Kier molecular flexibility index (Phi) is 6.34. The van der Waals surface area contributed by atoms with Crippen LogP contribution in [0.5, 0.6) is 0 Å². The SMILES string of the molecule is CC(=O)N1CCC(NC2CCOCC2)=C(C(=N)c2c(F)ccc3cc(-c4cnn(C)c4)ncc23)C1. The Hall–Kier alpha value is -3.59. The molecule has 9 heteroatoms. The first-order chi connectivity index (χ1) is 16.9. The number of ether oxygens (including phenoxy) is 1. The quantitative estimate of drug-likeness (QED) is 0.550. The molecule has 0 radical (unpaired) electrons. The molecule has 2 aliphatic heterocycles. The summed E-state index contributed by atoms with van der Waals surface area (Å²) < 4.78 is 22.5. The smallest absolute Gasteiger partial charge is 0.219 e. The lowest BCUT2D eigenvalue weighted by atomic mass is 9.92. The molecule has 1 fully saturated rings. The summed E-state index contributed by atoms with van der Waals surface area (Å²) in [6.07, 6.45) is 7.59. The van der Waals surface area contributed by atoms with Crippen molar-refractivity contribution in [2.45, 2.75) is 32.2 Å². The third-order valence-corrected chi connectivity index (χ3v) is 6.80. The predicted octanol–water partition coefficient (Wildman–Crippen LogP) is 3.42. The summed E-state index contributed by atoms with van der Waals surface area (Å²) in [4.78, 5) is 18.4. The van der Waals surface area contributed by atoms with Crippen molar-refractivity contribution >= 4 is 22.4 Å². The van der Waals surface area contributed by atoms with E-state index in [0.717, 1.165) is 35.2 Å². The van der Waals surface area contributed by atoms with Crippen LogP contribution >= 0.6 is 0 Å². The maximum Gasteiger partial charge on any atom is 0.219 e. The lowest BCUT2D eigenvalue weighted by Gasteiger charge is -2.34. The number of nitrogens with one attached hydrogen (secondary N) is 2. The van der Waals surface area contributed by atoms with Crippen LogP contribution in [0.25, 0.3) is 22.0 Å². The highest BCUT2D eigenvalue weighted by atomic mass is 19.1. The summed E-state index contributed by atoms with van der Waals surface area (Å²) in [6, 6.07) is 5.24. The van der Waals surface area contributed by atoms with Crippen LogP contribution in [-0.4, -0.2) is 63.6 Å². The van der Waals surface area contributed by atoms with Crippen molar-refractivity contribution in [3.8, 4) is 11.3 Å². The van der Waals surface area contributed by atoms with E-state index in [1.54, 1.807) is 28.0 Å². The van der Waals surface area contributed by atoms with Gasteiger partial charge in [0.1, 0.15) is 5.82 Å². The normalized spacial score (nSPS) is 17.2. The third kappa shape index (κ3) is 4.68. The number of aryl methyl sites for hydroxylation is 1. The molecule has 1 amide bonds. The highest BCUT2D eigenvalue weighted by molar-refractivity contribution is 6.18. The number of amides is 1. The monoisotopic (exact) mass is 476 g/mol. The Morgan fingerprint density at radius 2 is 2.06 bits per heavy atom. The maximum absolute atomic E-state index is 15.3. The predicted molar refractivity (Wildman–Crippen MR) is 132 cm³/mol. The Labute approximate surface area is 203 Å². The standard InChI is InChI=1S/C26H29FN6O2/c1-16(34)33-8-5-23(31-19-6-9-35-10-7-19)21(15-33)26(28)25-20-13-29-24(18-12-30-32(2)14-18)11-17(20)3-4-22(25)27/h3-4,11-14,19,28,31H,5-10,15H2,1-2H3. The fourth-order valence-corrected chi connectivity index (χ4v) is 4.82. The van der Waals surface area contributed by atoms with Crippen LogP contribution < -0.4 is 5.32 Å². The zero-order chi connectivity index (χ0) is 24.5. The molecule has 3 aromatic rings. The molecule has 2 N–H and O–H groups in total. The minimum atomic E-state index is -0.476. The molecular weight excluding hydrogens is 447 g/mol. The van der Waals surface area contributed by atoms with Gasteiger partial charge in [-0.2, -0.15) is 5.10 Å². The topological polar surface area (TPSA) is 96.1 Å². The van der Waals surface area contributed by atoms with E-state index in [4.69, 9.17) is 10.1 Å². The molecule has 0 aliphatic carbocycles. The molecule has 1 saturated heterocycles. The van der Waals surface area contributed by atoms with Crippen molar-refractivity contribution in [3.63, 3.8) is 0 Å². The summed E-state index contributed by atoms with van der Waals surface area (Å²) in [6.45, 7) is 3.77. The average Bonchev–Trinajstić information content (AvgIpc) is 3.30. The van der Waals surface area contributed by atoms with Crippen molar-refractivity contribution in [2.75, 3.05) is 26.3 Å². The second kappa shape index (κ2) is 9.58. The van der Waals surface area contributed by atoms with Gasteiger partial charge in [-0.15, -0.1) is 0 Å². The summed E-state index contributed by atoms with van der Waals surface area (Å²) in [7, 11) is 1.84. The largest absolute Gasteiger partial charge is 0.385 e. The highest BCUT2D eigenvalue weighted by Crippen LogP contribution is 2.30. The van der Waals surface area contributed by atoms with Crippen LogP contribution in [0.1, 0.15) is 31.7 Å². The van der Waals surface area contributed by atoms with E-state index < -0.39 is 5.82 Å². The number of hydrogen-bond donors (Lipinski definition) is 2. The number of aromatic nitrogens is 3. The third-order valence-electron chi connectivity index (χ3n) is 6.80. The lowest BCUT2D eigenvalue weighted by molar-refractivity contribution is -0.128. The van der Waals surface area contributed by atoms with Crippen molar-refractivity contribution in [1.82, 2.24) is 25.0 Å². The highest BCUT2D eigenvalue weighted by Gasteiger charge is 2.28. The number of hydrogen-bond acceptors (Lipinski definition) is 6. The van der Waals surface area contributed by atoms with Crippen molar-refractivity contribution in [3.05, 3.63) is 59.4 Å². The molecule has 4 heterocycles. The second-order valence-corrected chi connectivity index (χ2v) is 9.17. The number of benzene rings is 1. The number of carbonyl (C=O) groups is 1. The van der Waals surface area contributed by atoms with Crippen molar-refractivity contribution in [1.29, 1.82) is 5.41 Å². The molecule has 0 spiro atoms. The Bertz CT molecular complexity index is 1320. The molecule has 0 atom stereocenters. The van der Waals surface area contributed by atoms with Crippen LogP contribution in [-0.2, 0) is 16.6 Å². The molecule has 0 bridgehead atoms. The van der Waals surface area contributed by atoms with Gasteiger partial charge in [-0.05, 0) is 30.4 Å². The van der Waals surface area contributed by atoms with E-state index in [1.165, 1.54) is 13.0 Å². The molecule has 0 saturated carbocycles. The zero-order valence-electron chi connectivity index (χ0n) is 20.0. The van der Waals surface area contributed by atoms with Crippen LogP contribution in [0.4, 0.5) is 4.39 Å². The van der Waals surface area contributed by atoms with Crippen LogP contribution in [0, 0.1) is 11.2 Å². The number of carbonyl (C=O) groups excluding carboxylic acids is 1. The fraction of sp³-hybridized carbons (Fsp3) is 0.385. The molecule has 35 heavy (non-hydrogen) atoms. The lowest BCUT2D eigenvalue weighted by Crippen LogP contribution is -2.43. The summed E-state index contributed by atoms with van der Waals surface area (Å²) in [5.41, 5.74) is 3.46. The van der Waals surface area contributed by atoms with Crippen molar-refractivity contribution in [2.24, 2.45) is 7.05 Å². The Balaban J connectivity index is 1.55. The summed E-state index contributed by atoms with van der Waals surface area (Å²) >= 11 is 0. The maximum atomic E-state index is 15.3. The number of pyridine rings is 1. The van der Waals surface area contributed by atoms with Crippen LogP contribution in [0.3, 0.4) is 0 Å². The van der Waals surface area contributed by atoms with Gasteiger partial charge in [-0.1, -0.05) is 6.07 Å². The van der Waals surface area contributed by atoms with Gasteiger partial charge in [0.15, 0.2) is 0 Å². The number of rotatable bonds is 5. The number of halogens is 1. The molecule has 5 rings (SSSR count). The molecule has 1 aromatic carbocycles. The van der Waals surface area contributed by atoms with Gasteiger partial charge in [0.2, 0.25) is 5.91 Å². The molecule has 8 nitrogen and oxygen atoms in total. The minimum Gasteiger partial charge on any atom is -0.385 e. The molecular formula is C26H29FN6O2. The van der Waals surface area contributed by atoms with E-state index in [-0.39, 0.29) is 29.8 Å². The zero-order valence-corrected chi connectivity index (χ0v) is 20.0. The average molecular weight is 477 g/mol. The first-order valence-electron chi connectivity index (χ1n) is 11.9. The van der Waals surface area contributed by atoms with E-state index >= 15 is 4.39 Å². The number of nitrogens with zero attached hydrogens (tertiary/aromatic N) is 4. The molecule has 2 aromatic heterocycles. The Morgan fingerprint density at radius 1 is 1.26 bits per heavy atom. The fourth-order valence-electron chi connectivity index (χ4n) is 4.82. The minimum absolute atomic E-state index is 0.0541. The Morgan fingerprint density at radius 3 is 2.77 bits per heavy atom. The molecule has 182 valence electrons. The van der Waals surface area contributed by atoms with Crippen molar-refractivity contribution < 1.29 is 13.9 Å². The van der Waals surface area contributed by atoms with Gasteiger partial charge in [0, 0.05) is 92.9 Å². The van der Waals surface area contributed by atoms with E-state index in [2.05, 4.69) is 15.4 Å². The van der Waals surface area contributed by atoms with E-state index in [9.17, 15) is 4.79 Å². The van der Waals surface area contributed by atoms with Gasteiger partial charge in [0.25, 0.3) is 0 Å². The summed E-state index contributed by atoms with van der Waals surface area (Å²) in [5.74, 6) is -0.530. The van der Waals surface area contributed by atoms with Crippen LogP contribution in [0.2, 0.25) is 0 Å². The first-order valence-corrected chi connectivity index (χ1v) is 11.9. The van der Waals surface area contributed by atoms with Crippen LogP contribution in [0.15, 0.2) is 48.1 Å². The second-order valence-electron chi connectivity index (χ2n) is 9.17. The van der Waals surface area contributed by atoms with E-state index in [0.29, 0.717) is 37.1 Å². The van der Waals surface area contributed by atoms with Gasteiger partial charge in [-0.25, -0.2) is 4.39 Å². The number of fused-ring (bicyclic) bond motifs is 1. The molecule has 2 aliphatic rings. The van der Waals surface area contributed by atoms with Gasteiger partial charge >= 0.3 is 0 Å². The van der Waals surface area contributed by atoms with Gasteiger partial charge in [-0.3, -0.25) is 19.9 Å². The van der Waals surface area contributed by atoms with E-state index in [1.807, 2.05) is 19.3 Å². The van der Waals surface area contributed by atoms with Gasteiger partial charge < -0.3 is 15.0 Å². The molecule has 0 unspecified atom stereocenters. The summed E-state index contributed by atoms with van der Waals surface area (Å²) in [5, 5.41) is 18.3.